The number of unbranched alkanes of at least 4 members (excludes halogenated alkanes) is 3. The van der Waals surface area contributed by atoms with Crippen molar-refractivity contribution in [2.45, 2.75) is 284 Å². The van der Waals surface area contributed by atoms with E-state index < -0.39 is 148 Å². The third kappa shape index (κ3) is 21.7. The largest absolute Gasteiger partial charge is 0.504 e. The van der Waals surface area contributed by atoms with Gasteiger partial charge in [-0.05, 0) is 191 Å². The standard InChI is InChI=1S/C87H129N3O22/c1-51-27-20-19-21-28-52(2)66(105-15)46-61-35-32-57(7)87(103,112-61)81(99)82(100)90-42-25-24-29-64(90)84(102)109-67(47-65(92)53(3)44-56(6)77(96)80(106-16)76(95)55(5)43-51)54(4)45-59-33-36-60(37-34-59)108-71(93)30-22-17-18-23-31-72(94)110-69-39-38-63-73-75(68(107-58(8)91)48-85(63,69)9)86(10)70(50-104-14)111-83(101)62(74(86)79(98)78(73)97)49-89(13)41-26-40-88(11)12/h19-21,27-28,44,49,51,53-55,57,59-61,63-64,66-70,77,80,96,98,103H,17-18,22-26,29-43,45-48,50H2,1-16H3/b21-19+,27-20+,52-28+,56-44+,62-49+/t51-,53-,54-,55-,57-,59?,60?,61+,63?,64+,66+,67+,68-,69+,70-,77-,80+,85+,86+,87-/m1/s1. The minimum absolute atomic E-state index is 0.0221. The molecular formula is C87H129N3O22. The van der Waals surface area contributed by atoms with Gasteiger partial charge in [0, 0.05) is 115 Å². The monoisotopic (exact) mass is 1570 g/mol. The predicted octanol–water partition coefficient (Wildman–Crippen LogP) is 11.1. The molecule has 112 heavy (non-hydrogen) atoms. The Labute approximate surface area is 663 Å². The summed E-state index contributed by atoms with van der Waals surface area (Å²) in [6, 6.07) is -1.21. The van der Waals surface area contributed by atoms with Crippen LogP contribution in [0.5, 0.6) is 0 Å². The zero-order valence-electron chi connectivity index (χ0n) is 69.4. The summed E-state index contributed by atoms with van der Waals surface area (Å²) in [6.07, 6.45) is 15.1. The van der Waals surface area contributed by atoms with Crippen LogP contribution in [0.4, 0.5) is 0 Å². The van der Waals surface area contributed by atoms with E-state index in [1.54, 1.807) is 61.1 Å². The normalized spacial score (nSPS) is 35.9. The first-order valence-corrected chi connectivity index (χ1v) is 41.0. The summed E-state index contributed by atoms with van der Waals surface area (Å²) in [7, 11) is 10.1. The van der Waals surface area contributed by atoms with Crippen molar-refractivity contribution in [1.82, 2.24) is 14.7 Å². The molecule has 1 unspecified atom stereocenters. The molecule has 2 saturated carbocycles. The number of cyclic esters (lactones) is 2. The molecule has 624 valence electrons. The van der Waals surface area contributed by atoms with Gasteiger partial charge < -0.3 is 72.7 Å². The van der Waals surface area contributed by atoms with Crippen molar-refractivity contribution in [3.05, 3.63) is 81.9 Å². The van der Waals surface area contributed by atoms with Crippen molar-refractivity contribution in [1.29, 1.82) is 0 Å². The van der Waals surface area contributed by atoms with E-state index >= 15 is 0 Å². The van der Waals surface area contributed by atoms with Gasteiger partial charge in [-0.2, -0.15) is 0 Å². The Morgan fingerprint density at radius 1 is 0.768 bits per heavy atom. The number of Topliss-reactive ketones (excluding diaryl/α,β-unsaturated/α-hetero) is 4. The van der Waals surface area contributed by atoms with Crippen LogP contribution in [-0.2, 0) is 90.6 Å². The molecule has 18 atom stereocenters. The zero-order chi connectivity index (χ0) is 82.3. The van der Waals surface area contributed by atoms with Gasteiger partial charge in [0.1, 0.15) is 54.6 Å². The maximum atomic E-state index is 14.9. The molecule has 4 aliphatic carbocycles. The van der Waals surface area contributed by atoms with E-state index in [0.29, 0.717) is 120 Å². The van der Waals surface area contributed by atoms with Crippen molar-refractivity contribution in [3.63, 3.8) is 0 Å². The first-order chi connectivity index (χ1) is 53.0. The number of aliphatic hydroxyl groups is 3. The van der Waals surface area contributed by atoms with Crippen LogP contribution >= 0.6 is 0 Å². The van der Waals surface area contributed by atoms with E-state index in [4.69, 9.17) is 42.6 Å². The Kier molecular flexibility index (Phi) is 32.8. The molecule has 2 bridgehead atoms. The minimum Gasteiger partial charge on any atom is -0.504 e. The number of esters is 5. The molecule has 0 aromatic carbocycles. The second kappa shape index (κ2) is 40.5. The fraction of sp³-hybridized carbons (Fsp3) is 0.724. The van der Waals surface area contributed by atoms with Crippen LogP contribution in [0.1, 0.15) is 217 Å². The average Bonchev–Trinajstić information content (AvgIpc) is 1.20. The molecule has 5 fully saturated rings. The van der Waals surface area contributed by atoms with Gasteiger partial charge in [0.25, 0.3) is 11.7 Å². The summed E-state index contributed by atoms with van der Waals surface area (Å²) >= 11 is 0. The molecule has 3 saturated heterocycles. The number of piperidine rings is 1. The third-order valence-corrected chi connectivity index (χ3v) is 25.3. The van der Waals surface area contributed by atoms with E-state index in [9.17, 15) is 63.3 Å². The Morgan fingerprint density at radius 3 is 2.11 bits per heavy atom. The molecule has 1 amide bonds. The van der Waals surface area contributed by atoms with Crippen LogP contribution in [0.15, 0.2) is 81.9 Å². The van der Waals surface area contributed by atoms with E-state index in [2.05, 4.69) is 0 Å². The van der Waals surface area contributed by atoms with Crippen LogP contribution in [0.3, 0.4) is 0 Å². The topological polar surface area (TPSA) is 324 Å². The Hall–Kier alpha value is -7.00. The number of ether oxygens (including phenoxy) is 9. The smallest absolute Gasteiger partial charge is 0.340 e. The average molecular weight is 1570 g/mol. The van der Waals surface area contributed by atoms with Gasteiger partial charge in [0.15, 0.2) is 11.5 Å². The molecule has 25 heteroatoms. The maximum absolute atomic E-state index is 14.9. The number of ketones is 4. The van der Waals surface area contributed by atoms with Crippen LogP contribution in [0.25, 0.3) is 0 Å². The summed E-state index contributed by atoms with van der Waals surface area (Å²) in [6.45, 7) is 18.9. The molecule has 0 aromatic rings. The molecule has 3 N–H and O–H groups in total. The molecule has 0 aromatic heterocycles. The molecule has 8 aliphatic rings. The Bertz CT molecular complexity index is 3620. The number of carbonyl (C=O) groups excluding carboxylic acids is 10. The van der Waals surface area contributed by atoms with Gasteiger partial charge in [0.05, 0.1) is 29.8 Å². The van der Waals surface area contributed by atoms with Crippen molar-refractivity contribution in [2.24, 2.45) is 52.3 Å². The molecule has 8 rings (SSSR count). The lowest BCUT2D eigenvalue weighted by Gasteiger charge is -2.54. The van der Waals surface area contributed by atoms with Crippen molar-refractivity contribution >= 4 is 58.9 Å². The number of aliphatic hydroxyl groups excluding tert-OH is 2. The molecular weight excluding hydrogens is 1440 g/mol. The van der Waals surface area contributed by atoms with E-state index in [1.807, 2.05) is 82.0 Å². The van der Waals surface area contributed by atoms with Gasteiger partial charge in [-0.25, -0.2) is 9.59 Å². The predicted molar refractivity (Wildman–Crippen MR) is 417 cm³/mol. The lowest BCUT2D eigenvalue weighted by Crippen LogP contribution is -2.61. The van der Waals surface area contributed by atoms with E-state index in [0.717, 1.165) is 18.5 Å². The molecule has 4 heterocycles. The second-order valence-corrected chi connectivity index (χ2v) is 34.1. The number of methoxy groups -OCH3 is 3. The van der Waals surface area contributed by atoms with Crippen LogP contribution < -0.4 is 0 Å². The highest BCUT2D eigenvalue weighted by Crippen LogP contribution is 2.64. The van der Waals surface area contributed by atoms with Crippen molar-refractivity contribution < 1.29 is 106 Å². The first-order valence-electron chi connectivity index (χ1n) is 41.0. The number of allylic oxidation sites excluding steroid dienone is 7. The summed E-state index contributed by atoms with van der Waals surface area (Å²) in [5, 5.41) is 35.9. The highest BCUT2D eigenvalue weighted by atomic mass is 16.6. The number of amides is 1. The molecule has 0 radical (unpaired) electrons. The SMILES string of the molecule is COC[C@H]1OC(=O)/C(=C/N(C)CCCN(C)C)C2=C(O)C(=O)C3=C([C@H](OC(C)=O)C[C@@]4(C)C3CC[C@@H]4OC(=O)CCCCCCC(=O)OC3CCC(C[C@@H](C)[C@@H]4CC(=O)[C@H](C)/C=C(\C)[C@@H](O)[C@@H](OC)C(=O)[C@H](C)C[C@H](C)/C=C/C=C/C=C(\C)[C@@H](OC)C[C@@H]5CC[C@@H](C)[C@@](O)(O5)C(=O)C(=O)N5CCCC[C@H]5C(=O)O4)CC3)[C@]21C. The van der Waals surface area contributed by atoms with E-state index in [1.165, 1.54) is 26.0 Å². The van der Waals surface area contributed by atoms with Gasteiger partial charge >= 0.3 is 29.8 Å². The number of carbonyl (C=O) groups is 10. The summed E-state index contributed by atoms with van der Waals surface area (Å²) < 4.78 is 54.3. The summed E-state index contributed by atoms with van der Waals surface area (Å²) in [4.78, 5) is 146. The van der Waals surface area contributed by atoms with Crippen molar-refractivity contribution in [3.8, 4) is 0 Å². The van der Waals surface area contributed by atoms with Gasteiger partial charge in [-0.15, -0.1) is 0 Å². The van der Waals surface area contributed by atoms with Gasteiger partial charge in [-0.3, -0.25) is 38.4 Å². The molecule has 25 nitrogen and oxygen atoms in total. The number of nitrogens with zero attached hydrogens (tertiary/aromatic N) is 3. The van der Waals surface area contributed by atoms with Gasteiger partial charge in [-0.1, -0.05) is 90.8 Å². The Balaban J connectivity index is 0.868. The lowest BCUT2D eigenvalue weighted by molar-refractivity contribution is -0.265. The number of rotatable bonds is 22. The zero-order valence-corrected chi connectivity index (χ0v) is 69.4. The van der Waals surface area contributed by atoms with Crippen LogP contribution in [0.2, 0.25) is 0 Å². The highest BCUT2D eigenvalue weighted by Gasteiger charge is 2.65. The molecule has 4 aliphatic heterocycles. The number of hydrogen-bond donors (Lipinski definition) is 3. The van der Waals surface area contributed by atoms with Crippen LogP contribution in [-0.4, -0.2) is 224 Å². The fourth-order valence-corrected chi connectivity index (χ4v) is 18.7. The molecule has 0 spiro atoms. The maximum Gasteiger partial charge on any atom is 0.340 e. The van der Waals surface area contributed by atoms with E-state index in [-0.39, 0.29) is 104 Å². The second-order valence-electron chi connectivity index (χ2n) is 34.1. The highest BCUT2D eigenvalue weighted by molar-refractivity contribution is 6.39. The quantitative estimate of drug-likeness (QED) is 0.0226. The fourth-order valence-electron chi connectivity index (χ4n) is 18.7. The number of hydrogen-bond acceptors (Lipinski definition) is 24. The summed E-state index contributed by atoms with van der Waals surface area (Å²) in [5.74, 6) is -12.3. The lowest BCUT2D eigenvalue weighted by atomic mass is 9.53. The Morgan fingerprint density at radius 2 is 1.46 bits per heavy atom. The van der Waals surface area contributed by atoms with Gasteiger partial charge in [0.2, 0.25) is 11.6 Å². The third-order valence-electron chi connectivity index (χ3n) is 25.3. The first kappa shape index (κ1) is 90.5. The number of fused-ring (bicyclic) bond motifs is 7. The summed E-state index contributed by atoms with van der Waals surface area (Å²) in [5.41, 5.74) is -0.207. The van der Waals surface area contributed by atoms with Crippen LogP contribution in [0, 0.1) is 52.3 Å². The van der Waals surface area contributed by atoms with Crippen molar-refractivity contribution in [2.75, 3.05) is 68.7 Å². The minimum atomic E-state index is -2.49.